The van der Waals surface area contributed by atoms with Gasteiger partial charge in [-0.3, -0.25) is 14.4 Å². The standard InChI is InChI=1S/C29H32O11/c1-13-24(8)20(37-17(5)31)28-14(2)26(11-10-19(32)38-23(26,6)7)12-18(36-16(4)30)25(28,9)27(13)21(33)35-15(3)29(27,40-28)22(34)39-24/h10-11,15,18,20H,1-2,12H2,3-9H3/t15-,18-,20-,24+,25-,26+,27+,28+,29-/m0/s1. The predicted molar refractivity (Wildman–Crippen MR) is 133 cm³/mol. The summed E-state index contributed by atoms with van der Waals surface area (Å²) in [5.74, 6) is -3.65. The first-order valence-corrected chi connectivity index (χ1v) is 13.2. The van der Waals surface area contributed by atoms with Crippen LogP contribution >= 0.6 is 0 Å². The number of carbonyl (C=O) groups is 5. The highest BCUT2D eigenvalue weighted by Gasteiger charge is 3.01. The third kappa shape index (κ3) is 2.24. The number of hydrogen-bond acceptors (Lipinski definition) is 11. The highest BCUT2D eigenvalue weighted by Crippen LogP contribution is 2.84. The minimum Gasteiger partial charge on any atom is -0.462 e. The van der Waals surface area contributed by atoms with E-state index < -0.39 is 86.8 Å². The van der Waals surface area contributed by atoms with Crippen LogP contribution in [0.4, 0.5) is 0 Å². The molecule has 3 saturated heterocycles. The van der Waals surface area contributed by atoms with Crippen LogP contribution in [0, 0.1) is 16.2 Å². The van der Waals surface area contributed by atoms with E-state index in [1.807, 2.05) is 0 Å². The van der Waals surface area contributed by atoms with Gasteiger partial charge in [-0.15, -0.1) is 0 Å². The predicted octanol–water partition coefficient (Wildman–Crippen LogP) is 2.02. The number of ether oxygens (including phenoxy) is 6. The van der Waals surface area contributed by atoms with Gasteiger partial charge in [0.15, 0.2) is 11.7 Å². The Labute approximate surface area is 230 Å². The van der Waals surface area contributed by atoms with Crippen LogP contribution in [0.25, 0.3) is 0 Å². The molecule has 6 aliphatic rings. The molecule has 11 nitrogen and oxygen atoms in total. The SMILES string of the molecule is C=C1[C@]23C(=O)O[C@@H](C)[C@@]24O[C@]2(C(=C)[C@@]5(C=CC(=O)OC5(C)C)C[C@H](OC(C)=O)[C@@]32C)[C@@H](OC(C)=O)[C@]1(C)OC4=O. The smallest absolute Gasteiger partial charge is 0.345 e. The van der Waals surface area contributed by atoms with Crippen LogP contribution in [0.5, 0.6) is 0 Å². The number of rotatable bonds is 2. The molecule has 0 unspecified atom stereocenters. The van der Waals surface area contributed by atoms with Crippen LogP contribution in [0.3, 0.4) is 0 Å². The molecule has 11 heteroatoms. The first-order chi connectivity index (χ1) is 18.4. The Hall–Kier alpha value is -3.47. The summed E-state index contributed by atoms with van der Waals surface area (Å²) < 4.78 is 36.5. The second-order valence-electron chi connectivity index (χ2n) is 12.6. The molecule has 4 heterocycles. The number of hydrogen-bond donors (Lipinski definition) is 0. The van der Waals surface area contributed by atoms with Crippen molar-refractivity contribution in [2.75, 3.05) is 0 Å². The number of cyclic esters (lactones) is 2. The molecule has 0 aromatic rings. The molecule has 2 saturated carbocycles. The maximum atomic E-state index is 14.2. The average Bonchev–Trinajstić information content (AvgIpc) is 3.14. The van der Waals surface area contributed by atoms with Crippen molar-refractivity contribution in [1.82, 2.24) is 0 Å². The summed E-state index contributed by atoms with van der Waals surface area (Å²) in [6, 6.07) is 0. The number of carbonyl (C=O) groups excluding carboxylic acids is 5. The summed E-state index contributed by atoms with van der Waals surface area (Å²) in [6.45, 7) is 19.2. The molecule has 3 bridgehead atoms. The van der Waals surface area contributed by atoms with Crippen molar-refractivity contribution in [2.24, 2.45) is 16.2 Å². The minimum atomic E-state index is -2.07. The first-order valence-electron chi connectivity index (χ1n) is 13.2. The van der Waals surface area contributed by atoms with Crippen LogP contribution in [0.2, 0.25) is 0 Å². The van der Waals surface area contributed by atoms with Crippen LogP contribution in [0.15, 0.2) is 36.5 Å². The van der Waals surface area contributed by atoms with E-state index in [4.69, 9.17) is 28.4 Å². The van der Waals surface area contributed by atoms with Gasteiger partial charge in [-0.2, -0.15) is 0 Å². The summed E-state index contributed by atoms with van der Waals surface area (Å²) in [6.07, 6.45) is -0.868. The van der Waals surface area contributed by atoms with Gasteiger partial charge in [0.25, 0.3) is 0 Å². The van der Waals surface area contributed by atoms with E-state index in [-0.39, 0.29) is 17.6 Å². The zero-order valence-electron chi connectivity index (χ0n) is 23.5. The van der Waals surface area contributed by atoms with Gasteiger partial charge in [-0.25, -0.2) is 9.59 Å². The minimum absolute atomic E-state index is 0.00483. The van der Waals surface area contributed by atoms with E-state index in [1.54, 1.807) is 26.8 Å². The lowest BCUT2D eigenvalue weighted by molar-refractivity contribution is -0.265. The van der Waals surface area contributed by atoms with E-state index in [0.717, 1.165) is 0 Å². The molecule has 9 atom stereocenters. The number of esters is 5. The molecular formula is C29H32O11. The Morgan fingerprint density at radius 2 is 1.55 bits per heavy atom. The van der Waals surface area contributed by atoms with Gasteiger partial charge in [0, 0.05) is 26.3 Å². The van der Waals surface area contributed by atoms with Crippen molar-refractivity contribution in [3.63, 3.8) is 0 Å². The fourth-order valence-electron chi connectivity index (χ4n) is 9.09. The third-order valence-corrected chi connectivity index (χ3v) is 10.8. The average molecular weight is 557 g/mol. The van der Waals surface area contributed by atoms with Gasteiger partial charge in [0.2, 0.25) is 5.60 Å². The number of fused-ring (bicyclic) bond motifs is 1. The quantitative estimate of drug-likeness (QED) is 0.280. The van der Waals surface area contributed by atoms with Gasteiger partial charge in [0.1, 0.15) is 28.8 Å². The van der Waals surface area contributed by atoms with Crippen LogP contribution < -0.4 is 0 Å². The van der Waals surface area contributed by atoms with E-state index in [1.165, 1.54) is 33.8 Å². The molecular weight excluding hydrogens is 524 g/mol. The normalized spacial score (nSPS) is 49.2. The molecule has 0 aromatic carbocycles. The van der Waals surface area contributed by atoms with Crippen LogP contribution in [-0.2, 0) is 52.4 Å². The molecule has 214 valence electrons. The third-order valence-electron chi connectivity index (χ3n) is 10.8. The summed E-state index contributed by atoms with van der Waals surface area (Å²) in [5, 5.41) is 0. The van der Waals surface area contributed by atoms with Crippen molar-refractivity contribution >= 4 is 29.8 Å². The Balaban J connectivity index is 1.80. The molecule has 6 rings (SSSR count). The van der Waals surface area contributed by atoms with Crippen LogP contribution in [-0.4, -0.2) is 70.6 Å². The van der Waals surface area contributed by atoms with Crippen molar-refractivity contribution in [3.8, 4) is 0 Å². The van der Waals surface area contributed by atoms with Gasteiger partial charge in [0.05, 0.1) is 10.8 Å². The fourth-order valence-corrected chi connectivity index (χ4v) is 9.09. The molecule has 0 aromatic heterocycles. The Bertz CT molecular complexity index is 1410. The van der Waals surface area contributed by atoms with Gasteiger partial charge >= 0.3 is 29.8 Å². The highest BCUT2D eigenvalue weighted by atomic mass is 16.7. The Kier molecular flexibility index (Phi) is 4.71. The van der Waals surface area contributed by atoms with E-state index >= 15 is 0 Å². The fraction of sp³-hybridized carbons (Fsp3) is 0.621. The van der Waals surface area contributed by atoms with E-state index in [0.29, 0.717) is 0 Å². The monoisotopic (exact) mass is 556 g/mol. The lowest BCUT2D eigenvalue weighted by Crippen LogP contribution is -2.82. The Morgan fingerprint density at radius 1 is 0.925 bits per heavy atom. The molecule has 4 aliphatic heterocycles. The largest absolute Gasteiger partial charge is 0.462 e. The molecule has 2 aliphatic carbocycles. The molecule has 0 amide bonds. The summed E-state index contributed by atoms with van der Waals surface area (Å²) in [7, 11) is 0. The Morgan fingerprint density at radius 3 is 2.12 bits per heavy atom. The zero-order chi connectivity index (χ0) is 29.6. The summed E-state index contributed by atoms with van der Waals surface area (Å²) >= 11 is 0. The molecule has 2 spiro atoms. The van der Waals surface area contributed by atoms with Crippen molar-refractivity contribution in [1.29, 1.82) is 0 Å². The van der Waals surface area contributed by atoms with Gasteiger partial charge in [-0.1, -0.05) is 26.2 Å². The maximum Gasteiger partial charge on any atom is 0.345 e. The topological polar surface area (TPSA) is 141 Å². The summed E-state index contributed by atoms with van der Waals surface area (Å²) in [5.41, 5.74) is -11.4. The highest BCUT2D eigenvalue weighted by molar-refractivity contribution is 6.03. The zero-order valence-corrected chi connectivity index (χ0v) is 23.5. The van der Waals surface area contributed by atoms with Crippen molar-refractivity contribution in [2.45, 2.75) is 95.6 Å². The molecule has 5 fully saturated rings. The van der Waals surface area contributed by atoms with Crippen molar-refractivity contribution in [3.05, 3.63) is 36.5 Å². The molecule has 0 radical (unpaired) electrons. The molecule has 40 heavy (non-hydrogen) atoms. The maximum absolute atomic E-state index is 14.2. The van der Waals surface area contributed by atoms with Gasteiger partial charge < -0.3 is 28.4 Å². The van der Waals surface area contributed by atoms with E-state index in [9.17, 15) is 24.0 Å². The van der Waals surface area contributed by atoms with Crippen LogP contribution in [0.1, 0.15) is 54.9 Å². The second-order valence-corrected chi connectivity index (χ2v) is 12.6. The van der Waals surface area contributed by atoms with E-state index in [2.05, 4.69) is 13.2 Å². The van der Waals surface area contributed by atoms with Gasteiger partial charge in [-0.05, 0) is 38.8 Å². The summed E-state index contributed by atoms with van der Waals surface area (Å²) in [4.78, 5) is 66.1. The molecule has 0 N–H and O–H groups in total. The first kappa shape index (κ1) is 26.7. The lowest BCUT2D eigenvalue weighted by Gasteiger charge is -2.69. The lowest BCUT2D eigenvalue weighted by atomic mass is 9.34. The second kappa shape index (κ2) is 7.05. The van der Waals surface area contributed by atoms with Crippen molar-refractivity contribution < 1.29 is 52.4 Å².